The monoisotopic (exact) mass is 563 g/mol. The predicted octanol–water partition coefficient (Wildman–Crippen LogP) is 5.92. The maximum Gasteiger partial charge on any atom is 0.490 e. The number of nitrogens with zero attached hydrogens (tertiary/aromatic N) is 2. The van der Waals surface area contributed by atoms with Crippen molar-refractivity contribution in [2.24, 2.45) is 23.2 Å². The molecule has 1 atom stereocenters. The fourth-order valence-corrected chi connectivity index (χ4v) is 7.76. The average Bonchev–Trinajstić information content (AvgIpc) is 3.25. The smallest absolute Gasteiger partial charge is 0.490 e. The zero-order chi connectivity index (χ0) is 28.5. The van der Waals surface area contributed by atoms with Crippen LogP contribution in [-0.2, 0) is 24.3 Å². The highest BCUT2D eigenvalue weighted by atomic mass is 19.4. The summed E-state index contributed by atoms with van der Waals surface area (Å²) in [5.41, 5.74) is 2.80. The average molecular weight is 564 g/mol. The van der Waals surface area contributed by atoms with E-state index in [9.17, 15) is 13.2 Å². The van der Waals surface area contributed by atoms with Gasteiger partial charge in [-0.25, -0.2) is 9.78 Å². The number of nitrogens with one attached hydrogen (secondary N) is 1. The molecule has 0 amide bonds. The van der Waals surface area contributed by atoms with Gasteiger partial charge in [-0.1, -0.05) is 6.07 Å². The van der Waals surface area contributed by atoms with Crippen LogP contribution in [0.2, 0.25) is 0 Å². The van der Waals surface area contributed by atoms with Crippen molar-refractivity contribution >= 4 is 5.97 Å². The SMILES string of the molecule is CCOc1cc(CNC2CCc3nc(C)cn3C2)ccc1OCC12CC3CC(CC(C3)C1)C2.O=C(O)C(F)(F)F. The number of benzene rings is 1. The third-order valence-electron chi connectivity index (χ3n) is 8.96. The van der Waals surface area contributed by atoms with E-state index in [1.807, 2.05) is 0 Å². The summed E-state index contributed by atoms with van der Waals surface area (Å²) in [7, 11) is 0. The van der Waals surface area contributed by atoms with Crippen molar-refractivity contribution in [2.45, 2.75) is 90.5 Å². The number of ether oxygens (including phenoxy) is 2. The second-order valence-electron chi connectivity index (χ2n) is 12.3. The van der Waals surface area contributed by atoms with Crippen LogP contribution < -0.4 is 14.8 Å². The van der Waals surface area contributed by atoms with Crippen LogP contribution in [0.25, 0.3) is 0 Å². The molecule has 2 heterocycles. The van der Waals surface area contributed by atoms with Crippen molar-refractivity contribution in [3.8, 4) is 11.5 Å². The summed E-state index contributed by atoms with van der Waals surface area (Å²) in [4.78, 5) is 13.5. The third kappa shape index (κ3) is 6.75. The summed E-state index contributed by atoms with van der Waals surface area (Å²) in [6, 6.07) is 7.01. The fraction of sp³-hybridized carbons (Fsp3) is 0.667. The summed E-state index contributed by atoms with van der Waals surface area (Å²) in [6.45, 7) is 7.51. The zero-order valence-corrected chi connectivity index (χ0v) is 23.3. The number of aliphatic carboxylic acids is 1. The Morgan fingerprint density at radius 2 is 1.77 bits per heavy atom. The molecule has 7 nitrogen and oxygen atoms in total. The molecule has 4 fully saturated rings. The van der Waals surface area contributed by atoms with Gasteiger partial charge in [0.1, 0.15) is 5.82 Å². The Morgan fingerprint density at radius 3 is 2.38 bits per heavy atom. The molecule has 220 valence electrons. The molecule has 2 aromatic rings. The molecular weight excluding hydrogens is 523 g/mol. The van der Waals surface area contributed by atoms with Crippen LogP contribution in [0.1, 0.15) is 69.0 Å². The van der Waals surface area contributed by atoms with Crippen LogP contribution in [-0.4, -0.2) is 46.1 Å². The Hall–Kier alpha value is -2.75. The summed E-state index contributed by atoms with van der Waals surface area (Å²) in [6.07, 6.45) is 7.86. The van der Waals surface area contributed by atoms with Gasteiger partial charge in [-0.2, -0.15) is 13.2 Å². The highest BCUT2D eigenvalue weighted by Crippen LogP contribution is 2.60. The first-order valence-corrected chi connectivity index (χ1v) is 14.5. The minimum atomic E-state index is -5.08. The van der Waals surface area contributed by atoms with Gasteiger partial charge < -0.3 is 24.5 Å². The van der Waals surface area contributed by atoms with Crippen LogP contribution >= 0.6 is 0 Å². The van der Waals surface area contributed by atoms with Gasteiger partial charge in [0.2, 0.25) is 0 Å². The molecule has 2 N–H and O–H groups in total. The molecule has 7 rings (SSSR count). The first-order valence-electron chi connectivity index (χ1n) is 14.5. The van der Waals surface area contributed by atoms with Crippen molar-refractivity contribution in [2.75, 3.05) is 13.2 Å². The number of alkyl halides is 3. The maximum atomic E-state index is 10.6. The highest BCUT2D eigenvalue weighted by molar-refractivity contribution is 5.73. The van der Waals surface area contributed by atoms with Crippen molar-refractivity contribution in [3.63, 3.8) is 0 Å². The van der Waals surface area contributed by atoms with Crippen molar-refractivity contribution < 1.29 is 32.5 Å². The first-order chi connectivity index (χ1) is 19.0. The molecule has 5 aliphatic rings. The summed E-state index contributed by atoms with van der Waals surface area (Å²) < 4.78 is 46.6. The lowest BCUT2D eigenvalue weighted by Crippen LogP contribution is -2.48. The lowest BCUT2D eigenvalue weighted by atomic mass is 9.50. The Kier molecular flexibility index (Phi) is 8.36. The van der Waals surface area contributed by atoms with E-state index in [0.717, 1.165) is 67.5 Å². The Labute approximate surface area is 233 Å². The van der Waals surface area contributed by atoms with Gasteiger partial charge in [0, 0.05) is 37.2 Å². The zero-order valence-electron chi connectivity index (χ0n) is 23.3. The summed E-state index contributed by atoms with van der Waals surface area (Å²) >= 11 is 0. The normalized spacial score (nSPS) is 28.4. The van der Waals surface area contributed by atoms with E-state index >= 15 is 0 Å². The van der Waals surface area contributed by atoms with Crippen LogP contribution in [0.4, 0.5) is 13.2 Å². The van der Waals surface area contributed by atoms with Gasteiger partial charge in [0.25, 0.3) is 0 Å². The number of hydrogen-bond donors (Lipinski definition) is 2. The van der Waals surface area contributed by atoms with E-state index in [2.05, 4.69) is 53.1 Å². The molecule has 0 saturated heterocycles. The van der Waals surface area contributed by atoms with Crippen LogP contribution in [0.15, 0.2) is 24.4 Å². The van der Waals surface area contributed by atoms with Crippen molar-refractivity contribution in [3.05, 3.63) is 41.5 Å². The number of rotatable bonds is 8. The molecule has 1 aliphatic heterocycles. The molecular formula is C30H40F3N3O4. The molecule has 0 spiro atoms. The Bertz CT molecular complexity index is 1160. The topological polar surface area (TPSA) is 85.6 Å². The van der Waals surface area contributed by atoms with Gasteiger partial charge in [0.05, 0.1) is 18.9 Å². The number of fused-ring (bicyclic) bond motifs is 1. The minimum absolute atomic E-state index is 0.421. The molecule has 4 saturated carbocycles. The van der Waals surface area contributed by atoms with E-state index in [1.54, 1.807) is 0 Å². The van der Waals surface area contributed by atoms with Gasteiger partial charge >= 0.3 is 12.1 Å². The number of carboxylic acids is 1. The van der Waals surface area contributed by atoms with Crippen LogP contribution in [0.5, 0.6) is 11.5 Å². The van der Waals surface area contributed by atoms with E-state index < -0.39 is 12.1 Å². The first kappa shape index (κ1) is 28.8. The lowest BCUT2D eigenvalue weighted by Gasteiger charge is -2.56. The summed E-state index contributed by atoms with van der Waals surface area (Å²) in [5.74, 6) is 3.17. The van der Waals surface area contributed by atoms with E-state index in [-0.39, 0.29) is 0 Å². The third-order valence-corrected chi connectivity index (χ3v) is 8.96. The fourth-order valence-electron chi connectivity index (χ4n) is 7.76. The van der Waals surface area contributed by atoms with Crippen molar-refractivity contribution in [1.82, 2.24) is 14.9 Å². The lowest BCUT2D eigenvalue weighted by molar-refractivity contribution is -0.192. The molecule has 4 bridgehead atoms. The number of hydrogen-bond acceptors (Lipinski definition) is 5. The van der Waals surface area contributed by atoms with Crippen molar-refractivity contribution in [1.29, 1.82) is 0 Å². The number of carbonyl (C=O) groups is 1. The summed E-state index contributed by atoms with van der Waals surface area (Å²) in [5, 5.41) is 10.9. The standard InChI is InChI=1S/C28H39N3O2.C2HF3O2/c1-3-32-26-11-20(15-29-24-5-7-27-30-19(2)16-31(27)17-24)4-6-25(26)33-18-28-12-21-8-22(13-28)10-23(9-21)14-28;3-2(4,5)1(6)7/h4,6,11,16,21-24,29H,3,5,7-10,12-15,17-18H2,1-2H3;(H,6,7). The number of halogens is 3. The van der Waals surface area contributed by atoms with Gasteiger partial charge in [-0.05, 0) is 94.2 Å². The molecule has 1 aromatic carbocycles. The van der Waals surface area contributed by atoms with Gasteiger partial charge in [-0.3, -0.25) is 0 Å². The van der Waals surface area contributed by atoms with E-state index in [4.69, 9.17) is 19.4 Å². The Balaban J connectivity index is 0.000000411. The number of aromatic nitrogens is 2. The second kappa shape index (κ2) is 11.6. The van der Waals surface area contributed by atoms with Crippen LogP contribution in [0, 0.1) is 30.1 Å². The largest absolute Gasteiger partial charge is 0.490 e. The van der Waals surface area contributed by atoms with E-state index in [1.165, 1.54) is 49.9 Å². The Morgan fingerprint density at radius 1 is 1.12 bits per heavy atom. The van der Waals surface area contributed by atoms with E-state index in [0.29, 0.717) is 18.1 Å². The van der Waals surface area contributed by atoms with Gasteiger partial charge in [0.15, 0.2) is 11.5 Å². The molecule has 0 radical (unpaired) electrons. The molecule has 1 unspecified atom stereocenters. The highest BCUT2D eigenvalue weighted by Gasteiger charge is 2.51. The number of imidazole rings is 1. The molecule has 10 heteroatoms. The minimum Gasteiger partial charge on any atom is -0.490 e. The molecule has 4 aliphatic carbocycles. The quantitative estimate of drug-likeness (QED) is 0.415. The maximum absolute atomic E-state index is 10.6. The van der Waals surface area contributed by atoms with Gasteiger partial charge in [-0.15, -0.1) is 0 Å². The number of carboxylic acid groups (broad SMARTS) is 1. The molecule has 1 aromatic heterocycles. The molecule has 40 heavy (non-hydrogen) atoms. The van der Waals surface area contributed by atoms with Crippen LogP contribution in [0.3, 0.4) is 0 Å². The number of aryl methyl sites for hydroxylation is 2. The predicted molar refractivity (Wildman–Crippen MR) is 143 cm³/mol. The second-order valence-corrected chi connectivity index (χ2v) is 12.3.